The van der Waals surface area contributed by atoms with Gasteiger partial charge in [0, 0.05) is 18.0 Å². The van der Waals surface area contributed by atoms with E-state index in [9.17, 15) is 9.90 Å². The Labute approximate surface area is 164 Å². The number of rotatable bonds is 8. The maximum atomic E-state index is 12.0. The van der Waals surface area contributed by atoms with E-state index >= 15 is 0 Å². The number of amides is 1. The molecule has 0 saturated heterocycles. The van der Waals surface area contributed by atoms with Crippen LogP contribution < -0.4 is 10.1 Å². The number of aryl methyl sites for hydroxylation is 1. The molecule has 1 heterocycles. The van der Waals surface area contributed by atoms with Crippen LogP contribution in [0.15, 0.2) is 29.6 Å². The monoisotopic (exact) mass is 392 g/mol. The molecular formula is C20H28N2O4S. The number of thiazole rings is 1. The lowest BCUT2D eigenvalue weighted by molar-refractivity contribution is 0.0497. The number of hydrogen-bond donors (Lipinski definition) is 2. The highest BCUT2D eigenvalue weighted by molar-refractivity contribution is 7.09. The predicted molar refractivity (Wildman–Crippen MR) is 106 cm³/mol. The molecule has 0 aliphatic carbocycles. The number of carbonyl (C=O) groups excluding carboxylic acids is 1. The largest absolute Gasteiger partial charge is 0.487 e. The Kier molecular flexibility index (Phi) is 7.62. The van der Waals surface area contributed by atoms with Crippen LogP contribution >= 0.6 is 11.3 Å². The lowest BCUT2D eigenvalue weighted by Crippen LogP contribution is -2.40. The Morgan fingerprint density at radius 3 is 2.56 bits per heavy atom. The molecule has 0 aliphatic heterocycles. The predicted octanol–water partition coefficient (Wildman–Crippen LogP) is 3.85. The summed E-state index contributed by atoms with van der Waals surface area (Å²) in [7, 11) is 0. The lowest BCUT2D eigenvalue weighted by atomic mass is 10.0. The number of ether oxygens (including phenoxy) is 2. The maximum absolute atomic E-state index is 12.0. The second-order valence-corrected chi connectivity index (χ2v) is 8.41. The minimum atomic E-state index is -0.553. The first kappa shape index (κ1) is 21.2. The van der Waals surface area contributed by atoms with Gasteiger partial charge in [-0.1, -0.05) is 12.1 Å². The molecule has 2 N–H and O–H groups in total. The van der Waals surface area contributed by atoms with Crippen molar-refractivity contribution in [2.24, 2.45) is 0 Å². The lowest BCUT2D eigenvalue weighted by Gasteiger charge is -2.23. The van der Waals surface area contributed by atoms with Gasteiger partial charge in [0.25, 0.3) is 0 Å². The second kappa shape index (κ2) is 9.71. The van der Waals surface area contributed by atoms with E-state index in [1.54, 1.807) is 11.3 Å². The van der Waals surface area contributed by atoms with Gasteiger partial charge in [-0.25, -0.2) is 9.78 Å². The van der Waals surface area contributed by atoms with Crippen molar-refractivity contribution in [1.82, 2.24) is 10.3 Å². The third-order valence-electron chi connectivity index (χ3n) is 3.66. The van der Waals surface area contributed by atoms with Crippen LogP contribution in [0.2, 0.25) is 0 Å². The summed E-state index contributed by atoms with van der Waals surface area (Å²) in [6.07, 6.45) is 0.589. The summed E-state index contributed by atoms with van der Waals surface area (Å²) >= 11 is 1.61. The molecule has 6 nitrogen and oxygen atoms in total. The molecule has 0 aliphatic rings. The molecule has 0 spiro atoms. The quantitative estimate of drug-likeness (QED) is 0.713. The molecule has 148 valence electrons. The smallest absolute Gasteiger partial charge is 0.407 e. The van der Waals surface area contributed by atoms with Crippen molar-refractivity contribution in [3.63, 3.8) is 0 Å². The van der Waals surface area contributed by atoms with Crippen LogP contribution in [0.4, 0.5) is 4.79 Å². The molecule has 1 unspecified atom stereocenters. The van der Waals surface area contributed by atoms with Crippen LogP contribution in [-0.2, 0) is 17.8 Å². The number of benzene rings is 1. The van der Waals surface area contributed by atoms with E-state index in [-0.39, 0.29) is 12.6 Å². The summed E-state index contributed by atoms with van der Waals surface area (Å²) in [6, 6.07) is 7.52. The van der Waals surface area contributed by atoms with Crippen LogP contribution in [0.25, 0.3) is 0 Å². The van der Waals surface area contributed by atoms with E-state index in [1.807, 2.05) is 57.3 Å². The van der Waals surface area contributed by atoms with Crippen LogP contribution in [-0.4, -0.2) is 34.4 Å². The number of aliphatic hydroxyl groups is 1. The topological polar surface area (TPSA) is 80.7 Å². The Balaban J connectivity index is 1.88. The zero-order valence-electron chi connectivity index (χ0n) is 16.3. The van der Waals surface area contributed by atoms with Crippen molar-refractivity contribution in [2.45, 2.75) is 58.8 Å². The Hall–Kier alpha value is -2.12. The van der Waals surface area contributed by atoms with Gasteiger partial charge < -0.3 is 19.9 Å². The Morgan fingerprint density at radius 1 is 1.30 bits per heavy atom. The molecule has 1 aromatic heterocycles. The van der Waals surface area contributed by atoms with Crippen molar-refractivity contribution in [1.29, 1.82) is 0 Å². The van der Waals surface area contributed by atoms with E-state index < -0.39 is 11.7 Å². The van der Waals surface area contributed by atoms with Gasteiger partial charge in [0.1, 0.15) is 18.0 Å². The summed E-state index contributed by atoms with van der Waals surface area (Å²) in [6.45, 7) is 7.86. The van der Waals surface area contributed by atoms with Gasteiger partial charge in [-0.3, -0.25) is 0 Å². The molecule has 7 heteroatoms. The van der Waals surface area contributed by atoms with Crippen molar-refractivity contribution in [3.8, 4) is 5.75 Å². The molecular weight excluding hydrogens is 364 g/mol. The van der Waals surface area contributed by atoms with Crippen molar-refractivity contribution in [2.75, 3.05) is 6.61 Å². The van der Waals surface area contributed by atoms with Crippen LogP contribution in [0.1, 0.15) is 43.5 Å². The highest BCUT2D eigenvalue weighted by Crippen LogP contribution is 2.17. The normalized spacial score (nSPS) is 12.5. The number of aromatic nitrogens is 1. The van der Waals surface area contributed by atoms with Crippen molar-refractivity contribution in [3.05, 3.63) is 45.9 Å². The zero-order valence-corrected chi connectivity index (χ0v) is 17.1. The number of hydrogen-bond acceptors (Lipinski definition) is 6. The third kappa shape index (κ3) is 7.97. The third-order valence-corrected chi connectivity index (χ3v) is 4.48. The number of aliphatic hydroxyl groups excluding tert-OH is 1. The average molecular weight is 393 g/mol. The maximum Gasteiger partial charge on any atom is 0.407 e. The minimum absolute atomic E-state index is 0.00524. The van der Waals surface area contributed by atoms with Crippen LogP contribution in [0, 0.1) is 6.92 Å². The average Bonchev–Trinajstić information content (AvgIpc) is 2.98. The standard InChI is InChI=1S/C20H28N2O4S/c1-14-21-17(13-27-14)12-25-18-7-5-15(6-8-18)11-16(9-10-23)22-19(24)26-20(2,3)4/h5-8,13,16,23H,9-12H2,1-4H3,(H,22,24). The Morgan fingerprint density at radius 2 is 2.00 bits per heavy atom. The van der Waals surface area contributed by atoms with E-state index in [0.29, 0.717) is 19.4 Å². The first-order valence-electron chi connectivity index (χ1n) is 8.98. The molecule has 1 atom stereocenters. The van der Waals surface area contributed by atoms with Crippen LogP contribution in [0.3, 0.4) is 0 Å². The summed E-state index contributed by atoms with van der Waals surface area (Å²) in [5, 5.41) is 15.1. The number of nitrogens with one attached hydrogen (secondary N) is 1. The van der Waals surface area contributed by atoms with Crippen molar-refractivity contribution < 1.29 is 19.4 Å². The summed E-state index contributed by atoms with van der Waals surface area (Å²) < 4.78 is 11.0. The van der Waals surface area contributed by atoms with E-state index in [0.717, 1.165) is 22.0 Å². The molecule has 2 rings (SSSR count). The summed E-state index contributed by atoms with van der Waals surface area (Å²) in [4.78, 5) is 16.3. The number of carbonyl (C=O) groups is 1. The first-order valence-corrected chi connectivity index (χ1v) is 9.86. The Bertz CT molecular complexity index is 722. The molecule has 2 aromatic rings. The fourth-order valence-corrected chi connectivity index (χ4v) is 3.09. The molecule has 0 saturated carbocycles. The summed E-state index contributed by atoms with van der Waals surface area (Å²) in [5.41, 5.74) is 1.41. The first-order chi connectivity index (χ1) is 12.7. The molecule has 0 radical (unpaired) electrons. The fraction of sp³-hybridized carbons (Fsp3) is 0.500. The molecule has 1 amide bonds. The van der Waals surface area contributed by atoms with E-state index in [2.05, 4.69) is 10.3 Å². The van der Waals surface area contributed by atoms with Gasteiger partial charge >= 0.3 is 6.09 Å². The number of nitrogens with zero attached hydrogens (tertiary/aromatic N) is 1. The molecule has 27 heavy (non-hydrogen) atoms. The van der Waals surface area contributed by atoms with Crippen molar-refractivity contribution >= 4 is 17.4 Å². The second-order valence-electron chi connectivity index (χ2n) is 7.35. The SMILES string of the molecule is Cc1nc(COc2ccc(CC(CCO)NC(=O)OC(C)(C)C)cc2)cs1. The van der Waals surface area contributed by atoms with E-state index in [4.69, 9.17) is 9.47 Å². The fourth-order valence-electron chi connectivity index (χ4n) is 2.49. The molecule has 1 aromatic carbocycles. The van der Waals surface area contributed by atoms with Crippen LogP contribution in [0.5, 0.6) is 5.75 Å². The van der Waals surface area contributed by atoms with Gasteiger partial charge in [0.15, 0.2) is 0 Å². The van der Waals surface area contributed by atoms with Gasteiger partial charge in [-0.05, 0) is 58.2 Å². The van der Waals surface area contributed by atoms with Gasteiger partial charge in [-0.2, -0.15) is 0 Å². The van der Waals surface area contributed by atoms with Gasteiger partial charge in [0.05, 0.1) is 10.7 Å². The molecule has 0 fully saturated rings. The molecule has 0 bridgehead atoms. The number of alkyl carbamates (subject to hydrolysis) is 1. The van der Waals surface area contributed by atoms with E-state index in [1.165, 1.54) is 0 Å². The summed E-state index contributed by atoms with van der Waals surface area (Å²) in [5.74, 6) is 0.767. The van der Waals surface area contributed by atoms with Gasteiger partial charge in [-0.15, -0.1) is 11.3 Å². The minimum Gasteiger partial charge on any atom is -0.487 e. The highest BCUT2D eigenvalue weighted by atomic mass is 32.1. The zero-order chi connectivity index (χ0) is 19.9. The highest BCUT2D eigenvalue weighted by Gasteiger charge is 2.19. The van der Waals surface area contributed by atoms with Gasteiger partial charge in [0.2, 0.25) is 0 Å².